The van der Waals surface area contributed by atoms with Gasteiger partial charge in [-0.15, -0.1) is 0 Å². The molecule has 1 aliphatic rings. The molecule has 1 N–H and O–H groups in total. The molecule has 0 radical (unpaired) electrons. The Morgan fingerprint density at radius 1 is 1.38 bits per heavy atom. The van der Waals surface area contributed by atoms with Crippen LogP contribution in [0.4, 0.5) is 0 Å². The Morgan fingerprint density at radius 3 is 2.76 bits per heavy atom. The zero-order valence-corrected chi connectivity index (χ0v) is 15.4. The second-order valence-electron chi connectivity index (χ2n) is 6.06. The molecule has 0 aliphatic carbocycles. The van der Waals surface area contributed by atoms with Crippen LogP contribution in [0.15, 0.2) is 4.47 Å². The molecule has 1 aromatic rings. The van der Waals surface area contributed by atoms with Crippen molar-refractivity contribution < 1.29 is 0 Å². The average Bonchev–Trinajstić information content (AvgIpc) is 2.82. The minimum Gasteiger partial charge on any atom is -0.311 e. The van der Waals surface area contributed by atoms with Crippen LogP contribution in [0.25, 0.3) is 0 Å². The summed E-state index contributed by atoms with van der Waals surface area (Å²) in [5, 5.41) is 8.38. The minimum absolute atomic E-state index is 0.617. The smallest absolute Gasteiger partial charge is 0.0767 e. The number of nitrogens with one attached hydrogen (secondary N) is 1. The molecule has 0 spiro atoms. The van der Waals surface area contributed by atoms with E-state index >= 15 is 0 Å². The van der Waals surface area contributed by atoms with Gasteiger partial charge >= 0.3 is 0 Å². The van der Waals surface area contributed by atoms with Crippen molar-refractivity contribution in [2.45, 2.75) is 59.7 Å². The molecule has 120 valence electrons. The summed E-state index contributed by atoms with van der Waals surface area (Å²) in [5.74, 6) is 0.735. The monoisotopic (exact) mass is 356 g/mol. The van der Waals surface area contributed by atoms with Crippen molar-refractivity contribution in [2.24, 2.45) is 5.92 Å². The number of halogens is 1. The van der Waals surface area contributed by atoms with Crippen LogP contribution in [0.5, 0.6) is 0 Å². The standard InChI is InChI=1S/C16H29BrN4/c1-5-12(4)14-10-20(9-8-18-14)11-15-16(17)13(6-2)19-21(15)7-3/h12,14,18H,5-11H2,1-4H3. The molecule has 1 aliphatic heterocycles. The lowest BCUT2D eigenvalue weighted by Crippen LogP contribution is -2.52. The number of hydrogen-bond acceptors (Lipinski definition) is 3. The van der Waals surface area contributed by atoms with Gasteiger partial charge in [0.2, 0.25) is 0 Å². The Morgan fingerprint density at radius 2 is 2.14 bits per heavy atom. The van der Waals surface area contributed by atoms with E-state index in [4.69, 9.17) is 5.10 Å². The fourth-order valence-corrected chi connectivity index (χ4v) is 3.72. The van der Waals surface area contributed by atoms with Gasteiger partial charge in [0.15, 0.2) is 0 Å². The van der Waals surface area contributed by atoms with Gasteiger partial charge < -0.3 is 5.32 Å². The number of piperazine rings is 1. The maximum Gasteiger partial charge on any atom is 0.0767 e. The maximum absolute atomic E-state index is 4.71. The van der Waals surface area contributed by atoms with Crippen LogP contribution in [0.1, 0.15) is 45.5 Å². The first-order chi connectivity index (χ1) is 10.1. The molecule has 0 amide bonds. The molecule has 1 saturated heterocycles. The average molecular weight is 357 g/mol. The minimum atomic E-state index is 0.617. The molecule has 2 rings (SSSR count). The van der Waals surface area contributed by atoms with Gasteiger partial charge in [0.05, 0.1) is 15.9 Å². The van der Waals surface area contributed by atoms with E-state index in [2.05, 4.69) is 58.5 Å². The molecular weight excluding hydrogens is 328 g/mol. The molecule has 21 heavy (non-hydrogen) atoms. The van der Waals surface area contributed by atoms with E-state index < -0.39 is 0 Å². The SMILES string of the molecule is CCc1nn(CC)c(CN2CCNC(C(C)CC)C2)c1Br. The quantitative estimate of drug-likeness (QED) is 0.850. The van der Waals surface area contributed by atoms with E-state index in [9.17, 15) is 0 Å². The number of aryl methyl sites for hydroxylation is 2. The predicted octanol–water partition coefficient (Wildman–Crippen LogP) is 3.05. The first-order valence-electron chi connectivity index (χ1n) is 8.30. The second-order valence-corrected chi connectivity index (χ2v) is 6.85. The van der Waals surface area contributed by atoms with E-state index in [-0.39, 0.29) is 0 Å². The molecular formula is C16H29BrN4. The topological polar surface area (TPSA) is 33.1 Å². The third-order valence-corrected chi connectivity index (χ3v) is 5.60. The van der Waals surface area contributed by atoms with Crippen LogP contribution < -0.4 is 5.32 Å². The van der Waals surface area contributed by atoms with Crippen molar-refractivity contribution >= 4 is 15.9 Å². The Kier molecular flexibility index (Phi) is 6.26. The summed E-state index contributed by atoms with van der Waals surface area (Å²) in [7, 11) is 0. The fourth-order valence-electron chi connectivity index (χ4n) is 3.03. The highest BCUT2D eigenvalue weighted by atomic mass is 79.9. The van der Waals surface area contributed by atoms with Gasteiger partial charge in [0, 0.05) is 38.8 Å². The fraction of sp³-hybridized carbons (Fsp3) is 0.812. The number of hydrogen-bond donors (Lipinski definition) is 1. The van der Waals surface area contributed by atoms with Crippen LogP contribution in [0, 0.1) is 5.92 Å². The molecule has 1 aromatic heterocycles. The van der Waals surface area contributed by atoms with E-state index in [1.54, 1.807) is 0 Å². The van der Waals surface area contributed by atoms with Gasteiger partial charge in [-0.3, -0.25) is 9.58 Å². The van der Waals surface area contributed by atoms with Gasteiger partial charge in [-0.2, -0.15) is 5.10 Å². The van der Waals surface area contributed by atoms with Crippen LogP contribution in [-0.4, -0.2) is 40.4 Å². The van der Waals surface area contributed by atoms with Crippen molar-refractivity contribution in [3.8, 4) is 0 Å². The molecule has 0 bridgehead atoms. The van der Waals surface area contributed by atoms with Crippen LogP contribution in [0.3, 0.4) is 0 Å². The normalized spacial score (nSPS) is 21.7. The lowest BCUT2D eigenvalue weighted by atomic mass is 9.97. The molecule has 2 atom stereocenters. The molecule has 1 fully saturated rings. The molecule has 5 heteroatoms. The van der Waals surface area contributed by atoms with Gasteiger partial charge in [-0.05, 0) is 35.2 Å². The predicted molar refractivity (Wildman–Crippen MR) is 91.5 cm³/mol. The molecule has 4 nitrogen and oxygen atoms in total. The third-order valence-electron chi connectivity index (χ3n) is 4.69. The summed E-state index contributed by atoms with van der Waals surface area (Å²) in [6.45, 7) is 14.2. The number of nitrogens with zero attached hydrogens (tertiary/aromatic N) is 3. The molecule has 0 aromatic carbocycles. The Bertz CT molecular complexity index is 457. The highest BCUT2D eigenvalue weighted by molar-refractivity contribution is 9.10. The Balaban J connectivity index is 2.09. The van der Waals surface area contributed by atoms with Gasteiger partial charge in [-0.1, -0.05) is 27.2 Å². The number of aromatic nitrogens is 2. The van der Waals surface area contributed by atoms with Crippen molar-refractivity contribution in [2.75, 3.05) is 19.6 Å². The van der Waals surface area contributed by atoms with Gasteiger partial charge in [0.1, 0.15) is 0 Å². The zero-order chi connectivity index (χ0) is 15.4. The van der Waals surface area contributed by atoms with Gasteiger partial charge in [0.25, 0.3) is 0 Å². The van der Waals surface area contributed by atoms with Crippen molar-refractivity contribution in [3.05, 3.63) is 15.9 Å². The van der Waals surface area contributed by atoms with E-state index in [1.807, 2.05) is 0 Å². The lowest BCUT2D eigenvalue weighted by Gasteiger charge is -2.36. The first kappa shape index (κ1) is 17.0. The highest BCUT2D eigenvalue weighted by Gasteiger charge is 2.25. The zero-order valence-electron chi connectivity index (χ0n) is 13.8. The van der Waals surface area contributed by atoms with E-state index in [1.165, 1.54) is 22.3 Å². The van der Waals surface area contributed by atoms with Crippen LogP contribution in [-0.2, 0) is 19.5 Å². The summed E-state index contributed by atoms with van der Waals surface area (Å²) in [6, 6.07) is 0.617. The Hall–Kier alpha value is -0.390. The summed E-state index contributed by atoms with van der Waals surface area (Å²) in [5.41, 5.74) is 2.51. The van der Waals surface area contributed by atoms with Crippen molar-refractivity contribution in [3.63, 3.8) is 0 Å². The molecule has 0 saturated carbocycles. The highest BCUT2D eigenvalue weighted by Crippen LogP contribution is 2.24. The maximum atomic E-state index is 4.71. The third kappa shape index (κ3) is 3.88. The van der Waals surface area contributed by atoms with Gasteiger partial charge in [-0.25, -0.2) is 0 Å². The molecule has 2 unspecified atom stereocenters. The van der Waals surface area contributed by atoms with E-state index in [0.717, 1.165) is 45.1 Å². The summed E-state index contributed by atoms with van der Waals surface area (Å²) in [6.07, 6.45) is 2.22. The molecule has 2 heterocycles. The first-order valence-corrected chi connectivity index (χ1v) is 9.09. The van der Waals surface area contributed by atoms with Crippen molar-refractivity contribution in [1.82, 2.24) is 20.0 Å². The van der Waals surface area contributed by atoms with Crippen LogP contribution >= 0.6 is 15.9 Å². The van der Waals surface area contributed by atoms with Crippen LogP contribution in [0.2, 0.25) is 0 Å². The largest absolute Gasteiger partial charge is 0.311 e. The van der Waals surface area contributed by atoms with Crippen molar-refractivity contribution in [1.29, 1.82) is 0 Å². The second kappa shape index (κ2) is 7.75. The van der Waals surface area contributed by atoms with E-state index in [0.29, 0.717) is 6.04 Å². The Labute approximate surface area is 137 Å². The summed E-state index contributed by atoms with van der Waals surface area (Å²) in [4.78, 5) is 2.57. The lowest BCUT2D eigenvalue weighted by molar-refractivity contribution is 0.158. The summed E-state index contributed by atoms with van der Waals surface area (Å²) < 4.78 is 3.37. The summed E-state index contributed by atoms with van der Waals surface area (Å²) >= 11 is 3.76. The number of rotatable bonds is 6.